The molecule has 3 aromatic rings. The smallest absolute Gasteiger partial charge is 0.279 e. The lowest BCUT2D eigenvalue weighted by atomic mass is 10.1. The van der Waals surface area contributed by atoms with E-state index in [1.54, 1.807) is 12.4 Å². The van der Waals surface area contributed by atoms with Crippen molar-refractivity contribution in [3.8, 4) is 0 Å². The van der Waals surface area contributed by atoms with Gasteiger partial charge >= 0.3 is 0 Å². The van der Waals surface area contributed by atoms with Gasteiger partial charge in [-0.05, 0) is 25.3 Å². The van der Waals surface area contributed by atoms with E-state index >= 15 is 0 Å². The molecule has 2 atom stereocenters. The summed E-state index contributed by atoms with van der Waals surface area (Å²) in [6.45, 7) is -0.322. The predicted molar refractivity (Wildman–Crippen MR) is 101 cm³/mol. The fourth-order valence-electron chi connectivity index (χ4n) is 4.32. The number of nitrogens with one attached hydrogen (secondary N) is 2. The predicted octanol–water partition coefficient (Wildman–Crippen LogP) is 1.81. The summed E-state index contributed by atoms with van der Waals surface area (Å²) < 4.78 is 57.7. The third-order valence-corrected chi connectivity index (χ3v) is 7.55. The number of piperidine rings is 1. The normalized spacial score (nSPS) is 25.9. The van der Waals surface area contributed by atoms with Gasteiger partial charge in [0, 0.05) is 44.1 Å². The number of rotatable bonds is 4. The van der Waals surface area contributed by atoms with Crippen LogP contribution in [-0.4, -0.2) is 62.3 Å². The highest BCUT2D eigenvalue weighted by Crippen LogP contribution is 2.35. The lowest BCUT2D eigenvalue weighted by Gasteiger charge is -2.31. The van der Waals surface area contributed by atoms with Crippen molar-refractivity contribution in [1.82, 2.24) is 33.6 Å². The summed E-state index contributed by atoms with van der Waals surface area (Å²) in [5.41, 5.74) is 2.25. The van der Waals surface area contributed by atoms with E-state index in [1.165, 1.54) is 0 Å². The molecular formula is C17H21F2N7O2S. The molecule has 12 heteroatoms. The van der Waals surface area contributed by atoms with Gasteiger partial charge in [-0.25, -0.2) is 13.8 Å². The molecule has 29 heavy (non-hydrogen) atoms. The van der Waals surface area contributed by atoms with E-state index in [1.807, 2.05) is 10.5 Å². The molecule has 156 valence electrons. The summed E-state index contributed by atoms with van der Waals surface area (Å²) >= 11 is 0. The summed E-state index contributed by atoms with van der Waals surface area (Å²) in [6, 6.07) is 1.65. The molecule has 0 spiro atoms. The Morgan fingerprint density at radius 2 is 2.00 bits per heavy atom. The Labute approximate surface area is 165 Å². The van der Waals surface area contributed by atoms with Crippen molar-refractivity contribution in [2.45, 2.75) is 50.0 Å². The molecule has 3 aromatic heterocycles. The first-order valence-corrected chi connectivity index (χ1v) is 11.1. The lowest BCUT2D eigenvalue weighted by molar-refractivity contribution is -0.0413. The van der Waals surface area contributed by atoms with Crippen LogP contribution in [0.5, 0.6) is 0 Å². The van der Waals surface area contributed by atoms with Crippen LogP contribution in [0.2, 0.25) is 0 Å². The highest BCUT2D eigenvalue weighted by molar-refractivity contribution is 7.87. The monoisotopic (exact) mass is 425 g/mol. The first kappa shape index (κ1) is 18.8. The number of aromatic amines is 1. The number of nitrogens with zero attached hydrogens (tertiary/aromatic N) is 5. The summed E-state index contributed by atoms with van der Waals surface area (Å²) in [4.78, 5) is 7.37. The number of hydrogen-bond donors (Lipinski definition) is 2. The summed E-state index contributed by atoms with van der Waals surface area (Å²) in [7, 11) is -3.79. The van der Waals surface area contributed by atoms with E-state index in [0.29, 0.717) is 18.5 Å². The molecule has 2 fully saturated rings. The minimum atomic E-state index is -3.79. The van der Waals surface area contributed by atoms with E-state index in [-0.39, 0.29) is 25.0 Å². The molecule has 1 saturated carbocycles. The van der Waals surface area contributed by atoms with Gasteiger partial charge in [-0.2, -0.15) is 17.4 Å². The molecule has 1 aliphatic carbocycles. The van der Waals surface area contributed by atoms with E-state index in [0.717, 1.165) is 27.7 Å². The zero-order valence-electron chi connectivity index (χ0n) is 15.6. The average Bonchev–Trinajstić information content (AvgIpc) is 3.38. The Hall–Kier alpha value is -2.18. The van der Waals surface area contributed by atoms with Gasteiger partial charge in [0.1, 0.15) is 5.82 Å². The SMILES string of the molecule is O=S(=O)(N[C@H]1CCC(c2nnc3cnc4[nH]ccc4n23)C1)N1CCC(F)(F)CC1. The fraction of sp³-hybridized carbons (Fsp3) is 0.588. The second-order valence-corrected chi connectivity index (χ2v) is 9.51. The molecule has 2 aliphatic rings. The van der Waals surface area contributed by atoms with Crippen molar-refractivity contribution in [1.29, 1.82) is 0 Å². The van der Waals surface area contributed by atoms with Gasteiger partial charge in [-0.1, -0.05) is 0 Å². The molecular weight excluding hydrogens is 404 g/mol. The maximum absolute atomic E-state index is 13.3. The molecule has 9 nitrogen and oxygen atoms in total. The van der Waals surface area contributed by atoms with Crippen molar-refractivity contribution in [3.63, 3.8) is 0 Å². The van der Waals surface area contributed by atoms with Crippen LogP contribution in [0.25, 0.3) is 16.8 Å². The minimum absolute atomic E-state index is 0.0453. The van der Waals surface area contributed by atoms with Gasteiger partial charge in [-0.15, -0.1) is 10.2 Å². The van der Waals surface area contributed by atoms with Crippen molar-refractivity contribution in [2.75, 3.05) is 13.1 Å². The molecule has 1 saturated heterocycles. The number of alkyl halides is 2. The molecule has 1 unspecified atom stereocenters. The van der Waals surface area contributed by atoms with Gasteiger partial charge in [0.25, 0.3) is 16.1 Å². The Bertz CT molecular complexity index is 1150. The largest absolute Gasteiger partial charge is 0.345 e. The Kier molecular flexibility index (Phi) is 4.33. The number of fused-ring (bicyclic) bond motifs is 3. The number of aromatic nitrogens is 5. The van der Waals surface area contributed by atoms with Gasteiger partial charge in [-0.3, -0.25) is 4.40 Å². The van der Waals surface area contributed by atoms with Gasteiger partial charge in [0.05, 0.1) is 11.7 Å². The Morgan fingerprint density at radius 3 is 2.79 bits per heavy atom. The van der Waals surface area contributed by atoms with Crippen LogP contribution in [0, 0.1) is 0 Å². The Morgan fingerprint density at radius 1 is 1.21 bits per heavy atom. The van der Waals surface area contributed by atoms with Crippen LogP contribution in [0.1, 0.15) is 43.8 Å². The molecule has 5 rings (SSSR count). The molecule has 2 N–H and O–H groups in total. The van der Waals surface area contributed by atoms with Crippen LogP contribution in [-0.2, 0) is 10.2 Å². The zero-order chi connectivity index (χ0) is 20.2. The summed E-state index contributed by atoms with van der Waals surface area (Å²) in [5, 5.41) is 8.53. The average molecular weight is 425 g/mol. The third-order valence-electron chi connectivity index (χ3n) is 5.87. The van der Waals surface area contributed by atoms with Gasteiger partial charge < -0.3 is 4.98 Å². The molecule has 0 amide bonds. The maximum Gasteiger partial charge on any atom is 0.279 e. The van der Waals surface area contributed by atoms with Crippen LogP contribution < -0.4 is 4.72 Å². The quantitative estimate of drug-likeness (QED) is 0.663. The van der Waals surface area contributed by atoms with Crippen LogP contribution in [0.15, 0.2) is 18.5 Å². The highest BCUT2D eigenvalue weighted by Gasteiger charge is 2.40. The number of hydrogen-bond acceptors (Lipinski definition) is 5. The van der Waals surface area contributed by atoms with Crippen molar-refractivity contribution < 1.29 is 17.2 Å². The van der Waals surface area contributed by atoms with E-state index in [4.69, 9.17) is 0 Å². The first-order chi connectivity index (χ1) is 13.8. The van der Waals surface area contributed by atoms with Gasteiger partial charge in [0.15, 0.2) is 11.3 Å². The summed E-state index contributed by atoms with van der Waals surface area (Å²) in [5.74, 6) is -1.95. The second kappa shape index (κ2) is 6.67. The first-order valence-electron chi connectivity index (χ1n) is 9.65. The maximum atomic E-state index is 13.3. The Balaban J connectivity index is 1.32. The molecule has 0 bridgehead atoms. The van der Waals surface area contributed by atoms with E-state index < -0.39 is 29.0 Å². The van der Waals surface area contributed by atoms with Crippen molar-refractivity contribution in [2.24, 2.45) is 0 Å². The minimum Gasteiger partial charge on any atom is -0.345 e. The van der Waals surface area contributed by atoms with E-state index in [9.17, 15) is 17.2 Å². The standard InChI is InChI=1S/C17H21F2N7O2S/c18-17(19)4-7-25(8-5-17)29(27,28)24-12-2-1-11(9-12)16-23-22-14-10-21-15-13(26(14)16)3-6-20-15/h3,6,10-12,20,24H,1-2,4-5,7-9H2/t11?,12-/m0/s1. The lowest BCUT2D eigenvalue weighted by Crippen LogP contribution is -2.49. The number of halogens is 2. The fourth-order valence-corrected chi connectivity index (χ4v) is 5.77. The van der Waals surface area contributed by atoms with Crippen molar-refractivity contribution in [3.05, 3.63) is 24.3 Å². The molecule has 4 heterocycles. The highest BCUT2D eigenvalue weighted by atomic mass is 32.2. The molecule has 1 aliphatic heterocycles. The van der Waals surface area contributed by atoms with E-state index in [2.05, 4.69) is 24.9 Å². The van der Waals surface area contributed by atoms with Crippen molar-refractivity contribution >= 4 is 27.0 Å². The van der Waals surface area contributed by atoms with Crippen LogP contribution in [0.3, 0.4) is 0 Å². The number of H-pyrrole nitrogens is 1. The van der Waals surface area contributed by atoms with Crippen LogP contribution >= 0.6 is 0 Å². The van der Waals surface area contributed by atoms with Gasteiger partial charge in [0.2, 0.25) is 0 Å². The third kappa shape index (κ3) is 3.38. The topological polar surface area (TPSA) is 108 Å². The second-order valence-electron chi connectivity index (χ2n) is 7.81. The molecule has 0 radical (unpaired) electrons. The summed E-state index contributed by atoms with van der Waals surface area (Å²) in [6.07, 6.45) is 4.58. The molecule has 0 aromatic carbocycles. The van der Waals surface area contributed by atoms with Crippen LogP contribution in [0.4, 0.5) is 8.78 Å². The zero-order valence-corrected chi connectivity index (χ0v) is 16.4.